The van der Waals surface area contributed by atoms with Crippen molar-refractivity contribution in [2.75, 3.05) is 44.6 Å². The van der Waals surface area contributed by atoms with E-state index in [0.29, 0.717) is 33.6 Å². The molecule has 1 atom stereocenters. The van der Waals surface area contributed by atoms with Gasteiger partial charge in [0.2, 0.25) is 0 Å². The Hall–Kier alpha value is -3.24. The summed E-state index contributed by atoms with van der Waals surface area (Å²) in [5.74, 6) is 1.18. The number of aromatic nitrogens is 3. The van der Waals surface area contributed by atoms with Crippen LogP contribution in [0.25, 0.3) is 21.1 Å². The smallest absolute Gasteiger partial charge is 0.367 e. The summed E-state index contributed by atoms with van der Waals surface area (Å²) >= 11 is 1.09. The van der Waals surface area contributed by atoms with Crippen LogP contribution in [0.4, 0.5) is 19.0 Å². The summed E-state index contributed by atoms with van der Waals surface area (Å²) in [6.07, 6.45) is -3.39. The summed E-state index contributed by atoms with van der Waals surface area (Å²) in [4.78, 5) is 14.7. The van der Waals surface area contributed by atoms with Gasteiger partial charge >= 0.3 is 6.18 Å². The monoisotopic (exact) mass is 624 g/mol. The predicted octanol–water partition coefficient (Wildman–Crippen LogP) is 5.61. The molecule has 2 fully saturated rings. The summed E-state index contributed by atoms with van der Waals surface area (Å²) in [5.41, 5.74) is 4.31. The Labute approximate surface area is 259 Å². The fraction of sp³-hybridized carbons (Fsp3) is 0.531. The zero-order valence-corrected chi connectivity index (χ0v) is 26.3. The Bertz CT molecular complexity index is 1670. The van der Waals surface area contributed by atoms with Crippen LogP contribution in [0, 0.1) is 25.2 Å². The van der Waals surface area contributed by atoms with E-state index in [9.17, 15) is 18.4 Å². The summed E-state index contributed by atoms with van der Waals surface area (Å²) in [7, 11) is 0. The molecule has 0 spiro atoms. The van der Waals surface area contributed by atoms with Crippen LogP contribution in [-0.4, -0.2) is 81.9 Å². The molecule has 0 radical (unpaired) electrons. The quantitative estimate of drug-likeness (QED) is 0.264. The van der Waals surface area contributed by atoms with Crippen LogP contribution in [0.3, 0.4) is 0 Å². The second kappa shape index (κ2) is 12.6. The number of nitriles is 1. The highest BCUT2D eigenvalue weighted by Crippen LogP contribution is 2.34. The maximum atomic E-state index is 13.0. The van der Waals surface area contributed by atoms with Gasteiger partial charge in [-0.25, -0.2) is 9.97 Å². The number of hydrogen-bond donors (Lipinski definition) is 2. The minimum Gasteiger partial charge on any atom is -0.367 e. The Morgan fingerprint density at radius 2 is 1.84 bits per heavy atom. The molecule has 2 N–H and O–H groups in total. The number of nitrogens with zero attached hydrogens (tertiary/aromatic N) is 6. The molecule has 44 heavy (non-hydrogen) atoms. The maximum Gasteiger partial charge on any atom is 0.393 e. The second-order valence-corrected chi connectivity index (χ2v) is 13.3. The zero-order valence-electron chi connectivity index (χ0n) is 25.5. The van der Waals surface area contributed by atoms with E-state index in [0.717, 1.165) is 87.4 Å². The fourth-order valence-electron chi connectivity index (χ4n) is 6.63. The standard InChI is InChI=1S/C32H39F3N8S/c1-20(42-12-8-37-9-13-42)18-43-25(17-36)14-27-21(2)23(4-5-29(27)43)19-41-10-6-24(7-11-41)40-30-28-15-26(16-32(33,34)35)44-31(28)39-22(3)38-30/h4-5,14-15,20,24,37H,6-13,16,18-19H2,1-3H3,(H,38,39,40)/t20-/m1/s1. The summed E-state index contributed by atoms with van der Waals surface area (Å²) in [6.45, 7) is 13.7. The third-order valence-electron chi connectivity index (χ3n) is 9.06. The second-order valence-electron chi connectivity index (χ2n) is 12.2. The van der Waals surface area contributed by atoms with Crippen molar-refractivity contribution < 1.29 is 13.2 Å². The number of anilines is 1. The first-order valence-corrected chi connectivity index (χ1v) is 16.2. The molecule has 0 bridgehead atoms. The molecule has 8 nitrogen and oxygen atoms in total. The number of aryl methyl sites for hydroxylation is 2. The van der Waals surface area contributed by atoms with Crippen molar-refractivity contribution in [2.24, 2.45) is 0 Å². The number of thiophene rings is 1. The van der Waals surface area contributed by atoms with Gasteiger partial charge in [-0.15, -0.1) is 11.3 Å². The number of piperazine rings is 1. The third kappa shape index (κ3) is 6.71. The lowest BCUT2D eigenvalue weighted by Crippen LogP contribution is -2.48. The minimum absolute atomic E-state index is 0.184. The molecule has 1 aromatic carbocycles. The first-order valence-electron chi connectivity index (χ1n) is 15.4. The molecule has 3 aromatic heterocycles. The van der Waals surface area contributed by atoms with E-state index in [-0.39, 0.29) is 10.9 Å². The molecule has 2 aliphatic heterocycles. The van der Waals surface area contributed by atoms with E-state index in [2.05, 4.69) is 67.0 Å². The Morgan fingerprint density at radius 3 is 2.55 bits per heavy atom. The van der Waals surface area contributed by atoms with Crippen molar-refractivity contribution in [1.82, 2.24) is 29.7 Å². The number of rotatable bonds is 8. The van der Waals surface area contributed by atoms with Gasteiger partial charge in [-0.1, -0.05) is 6.07 Å². The molecule has 12 heteroatoms. The zero-order chi connectivity index (χ0) is 31.0. The Morgan fingerprint density at radius 1 is 1.09 bits per heavy atom. The van der Waals surface area contributed by atoms with Crippen LogP contribution in [-0.2, 0) is 19.5 Å². The number of fused-ring (bicyclic) bond motifs is 2. The maximum absolute atomic E-state index is 13.0. The molecule has 0 unspecified atom stereocenters. The topological polar surface area (TPSA) is 85.0 Å². The molecular formula is C32H39F3N8S. The molecule has 0 aliphatic carbocycles. The van der Waals surface area contributed by atoms with Crippen LogP contribution < -0.4 is 10.6 Å². The molecular weight excluding hydrogens is 585 g/mol. The van der Waals surface area contributed by atoms with Crippen molar-refractivity contribution in [1.29, 1.82) is 5.26 Å². The first-order chi connectivity index (χ1) is 21.1. The number of piperidine rings is 1. The van der Waals surface area contributed by atoms with Gasteiger partial charge in [-0.05, 0) is 62.9 Å². The Balaban J connectivity index is 1.11. The number of hydrogen-bond acceptors (Lipinski definition) is 8. The average molecular weight is 625 g/mol. The normalized spacial score (nSPS) is 18.2. The molecule has 2 aliphatic rings. The van der Waals surface area contributed by atoms with Gasteiger partial charge in [0.15, 0.2) is 0 Å². The molecule has 234 valence electrons. The lowest BCUT2D eigenvalue weighted by molar-refractivity contribution is -0.126. The van der Waals surface area contributed by atoms with Gasteiger partial charge in [0.05, 0.1) is 11.8 Å². The van der Waals surface area contributed by atoms with Crippen molar-refractivity contribution >= 4 is 38.3 Å². The molecule has 2 saturated heterocycles. The van der Waals surface area contributed by atoms with Gasteiger partial charge in [0.1, 0.15) is 28.2 Å². The van der Waals surface area contributed by atoms with E-state index in [1.165, 1.54) is 11.1 Å². The minimum atomic E-state index is -4.25. The van der Waals surface area contributed by atoms with E-state index in [1.54, 1.807) is 13.0 Å². The molecule has 0 saturated carbocycles. The molecule has 5 heterocycles. The Kier molecular flexibility index (Phi) is 8.84. The number of benzene rings is 1. The fourth-order valence-corrected chi connectivity index (χ4v) is 7.73. The third-order valence-corrected chi connectivity index (χ3v) is 10.1. The highest BCUT2D eigenvalue weighted by atomic mass is 32.1. The lowest BCUT2D eigenvalue weighted by Gasteiger charge is -2.33. The SMILES string of the molecule is Cc1nc(NC2CCN(Cc3ccc4c(cc(C#N)n4C[C@@H](C)N4CCNCC4)c3C)CC2)c2cc(CC(F)(F)F)sc2n1. The van der Waals surface area contributed by atoms with E-state index >= 15 is 0 Å². The van der Waals surface area contributed by atoms with Gasteiger partial charge in [0, 0.05) is 80.2 Å². The summed E-state index contributed by atoms with van der Waals surface area (Å²) < 4.78 is 41.2. The van der Waals surface area contributed by atoms with Gasteiger partial charge in [-0.2, -0.15) is 18.4 Å². The van der Waals surface area contributed by atoms with Crippen molar-refractivity contribution in [3.05, 3.63) is 51.8 Å². The number of nitrogens with one attached hydrogen (secondary N) is 2. The van der Waals surface area contributed by atoms with E-state index < -0.39 is 12.6 Å². The number of alkyl halides is 3. The highest BCUT2D eigenvalue weighted by molar-refractivity contribution is 7.18. The van der Waals surface area contributed by atoms with E-state index in [4.69, 9.17) is 0 Å². The van der Waals surface area contributed by atoms with Gasteiger partial charge in [-0.3, -0.25) is 9.80 Å². The van der Waals surface area contributed by atoms with Crippen LogP contribution in [0.15, 0.2) is 24.3 Å². The van der Waals surface area contributed by atoms with Crippen molar-refractivity contribution in [2.45, 2.75) is 71.4 Å². The first kappa shape index (κ1) is 30.8. The van der Waals surface area contributed by atoms with Crippen LogP contribution >= 0.6 is 11.3 Å². The lowest BCUT2D eigenvalue weighted by atomic mass is 10.0. The molecule has 6 rings (SSSR count). The van der Waals surface area contributed by atoms with Crippen LogP contribution in [0.1, 0.15) is 47.3 Å². The highest BCUT2D eigenvalue weighted by Gasteiger charge is 2.29. The summed E-state index contributed by atoms with van der Waals surface area (Å²) in [5, 5.41) is 18.7. The number of halogens is 3. The molecule has 4 aromatic rings. The van der Waals surface area contributed by atoms with Crippen LogP contribution in [0.5, 0.6) is 0 Å². The average Bonchev–Trinajstić information content (AvgIpc) is 3.55. The predicted molar refractivity (Wildman–Crippen MR) is 169 cm³/mol. The van der Waals surface area contributed by atoms with Crippen molar-refractivity contribution in [3.8, 4) is 6.07 Å². The number of likely N-dealkylation sites (tertiary alicyclic amines) is 1. The van der Waals surface area contributed by atoms with Crippen molar-refractivity contribution in [3.63, 3.8) is 0 Å². The van der Waals surface area contributed by atoms with Gasteiger partial charge in [0.25, 0.3) is 0 Å². The van der Waals surface area contributed by atoms with Gasteiger partial charge < -0.3 is 15.2 Å². The van der Waals surface area contributed by atoms with E-state index in [1.807, 2.05) is 6.07 Å². The summed E-state index contributed by atoms with van der Waals surface area (Å²) in [6, 6.07) is 11.0. The molecule has 0 amide bonds. The van der Waals surface area contributed by atoms with Crippen LogP contribution in [0.2, 0.25) is 0 Å². The largest absolute Gasteiger partial charge is 0.393 e.